The van der Waals surface area contributed by atoms with E-state index in [9.17, 15) is 9.59 Å². The zero-order valence-corrected chi connectivity index (χ0v) is 16.4. The minimum Gasteiger partial charge on any atom is -0.461 e. The Morgan fingerprint density at radius 1 is 0.893 bits per heavy atom. The Bertz CT molecular complexity index is 789. The van der Waals surface area contributed by atoms with Gasteiger partial charge in [0.05, 0.1) is 23.7 Å². The van der Waals surface area contributed by atoms with Gasteiger partial charge in [-0.25, -0.2) is 4.79 Å². The lowest BCUT2D eigenvalue weighted by Crippen LogP contribution is -2.52. The molecule has 0 aromatic heterocycles. The lowest BCUT2D eigenvalue weighted by atomic mass is 9.80. The number of esters is 2. The Labute approximate surface area is 165 Å². The van der Waals surface area contributed by atoms with E-state index in [2.05, 4.69) is 0 Å². The summed E-state index contributed by atoms with van der Waals surface area (Å²) in [6, 6.07) is 18.3. The summed E-state index contributed by atoms with van der Waals surface area (Å²) in [5, 5.41) is 0. The van der Waals surface area contributed by atoms with Gasteiger partial charge in [-0.2, -0.15) is 0 Å². The highest BCUT2D eigenvalue weighted by molar-refractivity contribution is 5.89. The summed E-state index contributed by atoms with van der Waals surface area (Å²) < 4.78 is 17.2. The van der Waals surface area contributed by atoms with Gasteiger partial charge in [-0.3, -0.25) is 4.79 Å². The SMILES string of the molecule is CC1O[C@H](C)C(OC(=O)c2ccccc2)[C@@H](C)[C@@H]1C(=O)OCc1ccccc1. The van der Waals surface area contributed by atoms with Crippen LogP contribution in [0.1, 0.15) is 36.7 Å². The van der Waals surface area contributed by atoms with Crippen molar-refractivity contribution in [2.75, 3.05) is 0 Å². The second-order valence-corrected chi connectivity index (χ2v) is 7.26. The Morgan fingerprint density at radius 2 is 1.50 bits per heavy atom. The summed E-state index contributed by atoms with van der Waals surface area (Å²) in [4.78, 5) is 25.2. The topological polar surface area (TPSA) is 61.8 Å². The van der Waals surface area contributed by atoms with Crippen LogP contribution in [0.25, 0.3) is 0 Å². The third kappa shape index (κ3) is 4.60. The molecule has 5 heteroatoms. The summed E-state index contributed by atoms with van der Waals surface area (Å²) in [6.45, 7) is 5.84. The molecule has 0 spiro atoms. The van der Waals surface area contributed by atoms with Crippen LogP contribution in [0.5, 0.6) is 0 Å². The van der Waals surface area contributed by atoms with Crippen LogP contribution in [0.3, 0.4) is 0 Å². The Hall–Kier alpha value is -2.66. The molecule has 0 aliphatic carbocycles. The maximum atomic E-state index is 12.8. The molecule has 1 aliphatic heterocycles. The molecule has 0 radical (unpaired) electrons. The molecule has 1 heterocycles. The van der Waals surface area contributed by atoms with Gasteiger partial charge >= 0.3 is 11.9 Å². The number of benzene rings is 2. The van der Waals surface area contributed by atoms with Gasteiger partial charge in [0.15, 0.2) is 0 Å². The second kappa shape index (κ2) is 9.02. The zero-order chi connectivity index (χ0) is 20.1. The van der Waals surface area contributed by atoms with Gasteiger partial charge in [-0.1, -0.05) is 55.5 Å². The first-order chi connectivity index (χ1) is 13.5. The molecule has 1 fully saturated rings. The number of hydrogen-bond donors (Lipinski definition) is 0. The van der Waals surface area contributed by atoms with Crippen molar-refractivity contribution in [3.63, 3.8) is 0 Å². The van der Waals surface area contributed by atoms with E-state index in [-0.39, 0.29) is 30.7 Å². The Morgan fingerprint density at radius 3 is 2.14 bits per heavy atom. The molecule has 5 atom stereocenters. The van der Waals surface area contributed by atoms with Gasteiger partial charge in [0.25, 0.3) is 0 Å². The highest BCUT2D eigenvalue weighted by atomic mass is 16.6. The van der Waals surface area contributed by atoms with Gasteiger partial charge in [0.1, 0.15) is 12.7 Å². The summed E-state index contributed by atoms with van der Waals surface area (Å²) in [7, 11) is 0. The van der Waals surface area contributed by atoms with E-state index in [0.717, 1.165) is 5.56 Å². The highest BCUT2D eigenvalue weighted by Crippen LogP contribution is 2.34. The lowest BCUT2D eigenvalue weighted by Gasteiger charge is -2.42. The molecule has 2 unspecified atom stereocenters. The number of hydrogen-bond acceptors (Lipinski definition) is 5. The van der Waals surface area contributed by atoms with Crippen molar-refractivity contribution in [1.29, 1.82) is 0 Å². The van der Waals surface area contributed by atoms with Crippen LogP contribution < -0.4 is 0 Å². The minimum atomic E-state index is -0.529. The van der Waals surface area contributed by atoms with Crippen molar-refractivity contribution in [2.24, 2.45) is 11.8 Å². The maximum absolute atomic E-state index is 12.8. The Balaban J connectivity index is 1.67. The normalized spacial score (nSPS) is 27.0. The molecule has 0 bridgehead atoms. The van der Waals surface area contributed by atoms with Crippen LogP contribution >= 0.6 is 0 Å². The van der Waals surface area contributed by atoms with E-state index >= 15 is 0 Å². The van der Waals surface area contributed by atoms with Gasteiger partial charge in [-0.15, -0.1) is 0 Å². The van der Waals surface area contributed by atoms with Gasteiger partial charge in [-0.05, 0) is 31.5 Å². The molecule has 28 heavy (non-hydrogen) atoms. The first-order valence-electron chi connectivity index (χ1n) is 9.59. The molecular formula is C23H26O5. The molecule has 1 aliphatic rings. The van der Waals surface area contributed by atoms with E-state index in [1.54, 1.807) is 24.3 Å². The lowest BCUT2D eigenvalue weighted by molar-refractivity contribution is -0.188. The molecular weight excluding hydrogens is 356 g/mol. The number of rotatable bonds is 5. The van der Waals surface area contributed by atoms with Crippen molar-refractivity contribution in [3.8, 4) is 0 Å². The minimum absolute atomic E-state index is 0.208. The van der Waals surface area contributed by atoms with Crippen LogP contribution in [0.2, 0.25) is 0 Å². The largest absolute Gasteiger partial charge is 0.461 e. The summed E-state index contributed by atoms with van der Waals surface area (Å²) in [5.74, 6) is -1.49. The summed E-state index contributed by atoms with van der Waals surface area (Å²) in [5.41, 5.74) is 1.40. The molecule has 0 amide bonds. The highest BCUT2D eigenvalue weighted by Gasteiger charge is 2.46. The fourth-order valence-corrected chi connectivity index (χ4v) is 3.76. The van der Waals surface area contributed by atoms with E-state index in [1.807, 2.05) is 57.2 Å². The van der Waals surface area contributed by atoms with Crippen LogP contribution in [-0.2, 0) is 25.6 Å². The van der Waals surface area contributed by atoms with Crippen LogP contribution in [-0.4, -0.2) is 30.3 Å². The van der Waals surface area contributed by atoms with E-state index in [4.69, 9.17) is 14.2 Å². The first kappa shape index (κ1) is 20.1. The summed E-state index contributed by atoms with van der Waals surface area (Å²) in [6.07, 6.45) is -1.16. The smallest absolute Gasteiger partial charge is 0.338 e. The number of carbonyl (C=O) groups is 2. The zero-order valence-electron chi connectivity index (χ0n) is 16.4. The van der Waals surface area contributed by atoms with Crippen molar-refractivity contribution in [2.45, 2.75) is 45.7 Å². The quantitative estimate of drug-likeness (QED) is 0.731. The number of ether oxygens (including phenoxy) is 3. The van der Waals surface area contributed by atoms with E-state index in [0.29, 0.717) is 5.56 Å². The van der Waals surface area contributed by atoms with Crippen LogP contribution in [0.4, 0.5) is 0 Å². The predicted octanol–water partition coefficient (Wildman–Crippen LogP) is 4.01. The predicted molar refractivity (Wildman–Crippen MR) is 105 cm³/mol. The van der Waals surface area contributed by atoms with E-state index < -0.39 is 18.0 Å². The van der Waals surface area contributed by atoms with Gasteiger partial charge < -0.3 is 14.2 Å². The number of carbonyl (C=O) groups excluding carboxylic acids is 2. The Kier molecular flexibility index (Phi) is 6.47. The van der Waals surface area contributed by atoms with Crippen LogP contribution in [0, 0.1) is 11.8 Å². The molecule has 0 N–H and O–H groups in total. The molecule has 148 valence electrons. The molecule has 5 nitrogen and oxygen atoms in total. The fourth-order valence-electron chi connectivity index (χ4n) is 3.76. The standard InChI is InChI=1S/C23H26O5/c1-15-20(23(25)26-14-18-10-6-4-7-11-18)16(2)27-17(3)21(15)28-22(24)19-12-8-5-9-13-19/h4-13,15-17,20-21H,14H2,1-3H3/t15-,16?,17+,20-,21?/m0/s1. The molecule has 1 saturated heterocycles. The second-order valence-electron chi connectivity index (χ2n) is 7.26. The third-order valence-corrected chi connectivity index (χ3v) is 5.23. The van der Waals surface area contributed by atoms with Crippen molar-refractivity contribution in [3.05, 3.63) is 71.8 Å². The fraction of sp³-hybridized carbons (Fsp3) is 0.391. The molecule has 0 saturated carbocycles. The third-order valence-electron chi connectivity index (χ3n) is 5.23. The van der Waals surface area contributed by atoms with Crippen molar-refractivity contribution >= 4 is 11.9 Å². The molecule has 2 aromatic carbocycles. The van der Waals surface area contributed by atoms with Crippen LogP contribution in [0.15, 0.2) is 60.7 Å². The average molecular weight is 382 g/mol. The van der Waals surface area contributed by atoms with E-state index in [1.165, 1.54) is 0 Å². The van der Waals surface area contributed by atoms with Crippen molar-refractivity contribution < 1.29 is 23.8 Å². The monoisotopic (exact) mass is 382 g/mol. The molecule has 2 aromatic rings. The molecule has 3 rings (SSSR count). The summed E-state index contributed by atoms with van der Waals surface area (Å²) >= 11 is 0. The van der Waals surface area contributed by atoms with Crippen molar-refractivity contribution in [1.82, 2.24) is 0 Å². The maximum Gasteiger partial charge on any atom is 0.338 e. The van der Waals surface area contributed by atoms with Gasteiger partial charge in [0.2, 0.25) is 0 Å². The van der Waals surface area contributed by atoms with Gasteiger partial charge in [0, 0.05) is 5.92 Å². The first-order valence-corrected chi connectivity index (χ1v) is 9.59. The average Bonchev–Trinajstić information content (AvgIpc) is 2.70.